The van der Waals surface area contributed by atoms with E-state index in [9.17, 15) is 4.79 Å². The molecule has 1 rings (SSSR count). The summed E-state index contributed by atoms with van der Waals surface area (Å²) < 4.78 is 4.75. The number of hydrogen-bond acceptors (Lipinski definition) is 7. The van der Waals surface area contributed by atoms with Crippen molar-refractivity contribution in [2.24, 2.45) is 0 Å². The number of aromatic hydroxyl groups is 1. The Kier molecular flexibility index (Phi) is 28.7. The number of rotatable bonds is 2. The molecule has 1 aromatic rings. The first-order valence-electron chi connectivity index (χ1n) is 4.64. The predicted octanol–water partition coefficient (Wildman–Crippen LogP) is -7.69. The van der Waals surface area contributed by atoms with Crippen LogP contribution in [0, 0.1) is 0 Å². The van der Waals surface area contributed by atoms with Crippen LogP contribution in [0.3, 0.4) is 0 Å². The van der Waals surface area contributed by atoms with E-state index in [0.29, 0.717) is 12.2 Å². The zero-order chi connectivity index (χ0) is 14.4. The fourth-order valence-corrected chi connectivity index (χ4v) is 0.812. The molecule has 0 unspecified atom stereocenters. The Labute approximate surface area is 160 Å². The van der Waals surface area contributed by atoms with Gasteiger partial charge >= 0.3 is 65.1 Å². The number of phenolic OH excluding ortho intramolecular Hbond substituents is 1. The summed E-state index contributed by atoms with van der Waals surface area (Å²) >= 11 is 0. The van der Waals surface area contributed by atoms with Crippen LogP contribution in [0.15, 0.2) is 24.3 Å². The number of hydrogen-bond donors (Lipinski definition) is 1. The molecule has 0 aliphatic carbocycles. The van der Waals surface area contributed by atoms with Gasteiger partial charge in [-0.15, -0.1) is 0 Å². The molecule has 0 fully saturated rings. The van der Waals surface area contributed by atoms with Crippen LogP contribution in [-0.2, 0) is 14.3 Å². The molecule has 0 saturated heterocycles. The standard InChI is InChI=1S/C9H10O3.2CH2O2.2Na/c1-2-12-9(11)7-3-5-8(10)6-4-7;2*2-1-3;;/h3-6,10H,2H2,1H3;2*1H,(H,2,3);;/q;;;2*+1/p-2. The Morgan fingerprint density at radius 3 is 1.80 bits per heavy atom. The molecule has 0 saturated carbocycles. The third kappa shape index (κ3) is 17.4. The van der Waals surface area contributed by atoms with Gasteiger partial charge in [0.2, 0.25) is 0 Å². The minimum absolute atomic E-state index is 0. The molecule has 1 N–H and O–H groups in total. The first-order valence-corrected chi connectivity index (χ1v) is 4.64. The van der Waals surface area contributed by atoms with Crippen molar-refractivity contribution < 1.29 is 93.6 Å². The Morgan fingerprint density at radius 1 is 1.15 bits per heavy atom. The molecular weight excluding hydrogens is 290 g/mol. The molecule has 20 heavy (non-hydrogen) atoms. The third-order valence-corrected chi connectivity index (χ3v) is 1.38. The maximum absolute atomic E-state index is 11.1. The van der Waals surface area contributed by atoms with E-state index in [1.54, 1.807) is 6.92 Å². The van der Waals surface area contributed by atoms with Gasteiger partial charge in [0.15, 0.2) is 0 Å². The molecule has 0 heterocycles. The second-order valence-corrected chi connectivity index (χ2v) is 2.46. The topological polar surface area (TPSA) is 127 Å². The summed E-state index contributed by atoms with van der Waals surface area (Å²) in [4.78, 5) is 27.6. The van der Waals surface area contributed by atoms with Crippen molar-refractivity contribution in [1.29, 1.82) is 0 Å². The number of esters is 1. The first-order chi connectivity index (χ1) is 8.56. The molecule has 0 aromatic heterocycles. The molecule has 100 valence electrons. The molecule has 7 nitrogen and oxygen atoms in total. The van der Waals surface area contributed by atoms with Gasteiger partial charge in [0, 0.05) is 12.9 Å². The van der Waals surface area contributed by atoms with Crippen LogP contribution in [0.1, 0.15) is 17.3 Å². The van der Waals surface area contributed by atoms with Gasteiger partial charge < -0.3 is 29.6 Å². The zero-order valence-electron chi connectivity index (χ0n) is 11.6. The van der Waals surface area contributed by atoms with E-state index in [2.05, 4.69) is 0 Å². The van der Waals surface area contributed by atoms with Gasteiger partial charge in [0.25, 0.3) is 0 Å². The summed E-state index contributed by atoms with van der Waals surface area (Å²) in [5, 5.41) is 25.4. The SMILES string of the molecule is CCOC(=O)c1ccc(O)cc1.O=C[O-].O=C[O-].[Na+].[Na+]. The summed E-state index contributed by atoms with van der Waals surface area (Å²) in [6.07, 6.45) is 0. The minimum Gasteiger partial charge on any atom is -0.554 e. The average molecular weight is 302 g/mol. The fourth-order valence-electron chi connectivity index (χ4n) is 0.812. The van der Waals surface area contributed by atoms with E-state index in [-0.39, 0.29) is 70.8 Å². The smallest absolute Gasteiger partial charge is 0.554 e. The molecule has 0 aliphatic heterocycles. The van der Waals surface area contributed by atoms with E-state index in [4.69, 9.17) is 29.6 Å². The van der Waals surface area contributed by atoms with Gasteiger partial charge in [-0.05, 0) is 31.2 Å². The van der Waals surface area contributed by atoms with Crippen LogP contribution in [-0.4, -0.2) is 30.6 Å². The molecule has 1 aromatic carbocycles. The van der Waals surface area contributed by atoms with Gasteiger partial charge in [0.05, 0.1) is 12.2 Å². The monoisotopic (exact) mass is 302 g/mol. The Bertz CT molecular complexity index is 348. The second-order valence-electron chi connectivity index (χ2n) is 2.46. The van der Waals surface area contributed by atoms with E-state index < -0.39 is 12.9 Å². The number of phenols is 1. The van der Waals surface area contributed by atoms with Crippen molar-refractivity contribution >= 4 is 18.9 Å². The fraction of sp³-hybridized carbons (Fsp3) is 0.182. The molecule has 0 bridgehead atoms. The van der Waals surface area contributed by atoms with Crippen LogP contribution in [0.2, 0.25) is 0 Å². The van der Waals surface area contributed by atoms with Crippen molar-refractivity contribution in [3.8, 4) is 5.75 Å². The van der Waals surface area contributed by atoms with Gasteiger partial charge in [-0.25, -0.2) is 4.79 Å². The average Bonchev–Trinajstić information content (AvgIpc) is 2.32. The quantitative estimate of drug-likeness (QED) is 0.326. The van der Waals surface area contributed by atoms with Crippen LogP contribution < -0.4 is 69.3 Å². The molecule has 0 spiro atoms. The minimum atomic E-state index is -0.500. The summed E-state index contributed by atoms with van der Waals surface area (Å²) in [6, 6.07) is 5.94. The van der Waals surface area contributed by atoms with Crippen molar-refractivity contribution in [2.45, 2.75) is 6.92 Å². The maximum atomic E-state index is 11.1. The zero-order valence-corrected chi connectivity index (χ0v) is 15.6. The normalized spacial score (nSPS) is 6.85. The van der Waals surface area contributed by atoms with Gasteiger partial charge in [-0.1, -0.05) is 0 Å². The molecule has 0 radical (unpaired) electrons. The van der Waals surface area contributed by atoms with Crippen LogP contribution in [0.4, 0.5) is 0 Å². The molecular formula is C11H12Na2O7. The molecule has 0 atom stereocenters. The summed E-state index contributed by atoms with van der Waals surface area (Å²) in [6.45, 7) is 1.11. The number of carbonyl (C=O) groups is 3. The van der Waals surface area contributed by atoms with Crippen molar-refractivity contribution in [2.75, 3.05) is 6.61 Å². The first kappa shape index (κ1) is 27.7. The Hall–Kier alpha value is -0.570. The Balaban J connectivity index is -0.000000139. The summed E-state index contributed by atoms with van der Waals surface area (Å²) in [5.74, 6) is -0.222. The maximum Gasteiger partial charge on any atom is 1.00 e. The van der Waals surface area contributed by atoms with Gasteiger partial charge in [0.1, 0.15) is 5.75 Å². The predicted molar refractivity (Wildman–Crippen MR) is 56.2 cm³/mol. The largest absolute Gasteiger partial charge is 1.00 e. The molecule has 0 amide bonds. The molecule has 9 heteroatoms. The molecule has 0 aliphatic rings. The van der Waals surface area contributed by atoms with Crippen molar-refractivity contribution in [1.82, 2.24) is 0 Å². The van der Waals surface area contributed by atoms with E-state index in [1.807, 2.05) is 0 Å². The summed E-state index contributed by atoms with van der Waals surface area (Å²) in [5.41, 5.74) is 0.453. The second kappa shape index (κ2) is 20.7. The van der Waals surface area contributed by atoms with E-state index >= 15 is 0 Å². The number of carboxylic acid groups (broad SMARTS) is 2. The number of benzene rings is 1. The van der Waals surface area contributed by atoms with Crippen molar-refractivity contribution in [3.05, 3.63) is 29.8 Å². The summed E-state index contributed by atoms with van der Waals surface area (Å²) in [7, 11) is 0. The van der Waals surface area contributed by atoms with Crippen LogP contribution in [0.5, 0.6) is 5.75 Å². The number of carbonyl (C=O) groups excluding carboxylic acids is 3. The third-order valence-electron chi connectivity index (χ3n) is 1.38. The van der Waals surface area contributed by atoms with E-state index in [0.717, 1.165) is 0 Å². The Morgan fingerprint density at radius 2 is 1.50 bits per heavy atom. The van der Waals surface area contributed by atoms with Crippen LogP contribution >= 0.6 is 0 Å². The number of ether oxygens (including phenoxy) is 1. The van der Waals surface area contributed by atoms with Crippen molar-refractivity contribution in [3.63, 3.8) is 0 Å². The van der Waals surface area contributed by atoms with Gasteiger partial charge in [-0.2, -0.15) is 0 Å². The van der Waals surface area contributed by atoms with Crippen LogP contribution in [0.25, 0.3) is 0 Å². The van der Waals surface area contributed by atoms with Gasteiger partial charge in [-0.3, -0.25) is 0 Å². The van der Waals surface area contributed by atoms with E-state index in [1.165, 1.54) is 24.3 Å².